The van der Waals surface area contributed by atoms with Crippen molar-refractivity contribution in [2.75, 3.05) is 0 Å². The van der Waals surface area contributed by atoms with E-state index >= 15 is 0 Å². The molecule has 0 amide bonds. The minimum atomic E-state index is -5.71. The van der Waals surface area contributed by atoms with Gasteiger partial charge in [-0.15, -0.1) is 0 Å². The van der Waals surface area contributed by atoms with Crippen LogP contribution in [0.3, 0.4) is 0 Å². The van der Waals surface area contributed by atoms with E-state index in [1.54, 1.807) is 6.92 Å². The molecular formula is C8H6F3N3O3S. The van der Waals surface area contributed by atoms with Crippen molar-refractivity contribution in [1.82, 2.24) is 14.4 Å². The van der Waals surface area contributed by atoms with Gasteiger partial charge in [0.2, 0.25) is 0 Å². The molecule has 2 aromatic rings. The number of hydrogen-bond acceptors (Lipinski definition) is 5. The van der Waals surface area contributed by atoms with E-state index in [0.717, 1.165) is 6.20 Å². The second kappa shape index (κ2) is 3.83. The summed E-state index contributed by atoms with van der Waals surface area (Å²) in [4.78, 5) is 7.47. The van der Waals surface area contributed by atoms with Crippen LogP contribution in [-0.2, 0) is 10.1 Å². The number of aryl methyl sites for hydroxylation is 1. The van der Waals surface area contributed by atoms with E-state index < -0.39 is 21.5 Å². The average molecular weight is 281 g/mol. The molecule has 10 heteroatoms. The molecule has 0 aromatic carbocycles. The Morgan fingerprint density at radius 1 is 1.39 bits per heavy atom. The summed E-state index contributed by atoms with van der Waals surface area (Å²) in [5, 5.41) is 0. The lowest BCUT2D eigenvalue weighted by atomic mass is 10.5. The smallest absolute Gasteiger partial charge is 0.354 e. The average Bonchev–Trinajstić information content (AvgIpc) is 2.59. The predicted molar refractivity (Wildman–Crippen MR) is 53.3 cm³/mol. The van der Waals surface area contributed by atoms with Crippen LogP contribution in [0.2, 0.25) is 0 Å². The Morgan fingerprint density at radius 3 is 2.61 bits per heavy atom. The molecule has 18 heavy (non-hydrogen) atoms. The van der Waals surface area contributed by atoms with E-state index in [9.17, 15) is 21.6 Å². The molecule has 2 aromatic heterocycles. The van der Waals surface area contributed by atoms with Gasteiger partial charge in [-0.3, -0.25) is 4.98 Å². The normalized spacial score (nSPS) is 12.9. The molecule has 0 aliphatic heterocycles. The fraction of sp³-hybridized carbons (Fsp3) is 0.250. The maximum Gasteiger partial charge on any atom is 0.534 e. The van der Waals surface area contributed by atoms with Gasteiger partial charge in [-0.05, 0) is 6.92 Å². The van der Waals surface area contributed by atoms with E-state index in [1.165, 1.54) is 16.8 Å². The summed E-state index contributed by atoms with van der Waals surface area (Å²) in [6, 6.07) is 0. The molecule has 98 valence electrons. The van der Waals surface area contributed by atoms with Crippen LogP contribution in [0.15, 0.2) is 18.6 Å². The van der Waals surface area contributed by atoms with Gasteiger partial charge < -0.3 is 8.58 Å². The Bertz CT molecular complexity index is 692. The number of rotatable bonds is 2. The molecule has 0 radical (unpaired) electrons. The van der Waals surface area contributed by atoms with Crippen LogP contribution < -0.4 is 4.18 Å². The fourth-order valence-electron chi connectivity index (χ4n) is 1.23. The van der Waals surface area contributed by atoms with Crippen molar-refractivity contribution in [3.05, 3.63) is 24.3 Å². The Labute approximate surface area is 99.2 Å². The Kier molecular flexibility index (Phi) is 2.69. The summed E-state index contributed by atoms with van der Waals surface area (Å²) < 4.78 is 63.0. The van der Waals surface area contributed by atoms with E-state index in [0.29, 0.717) is 5.69 Å². The maximum atomic E-state index is 12.1. The van der Waals surface area contributed by atoms with Crippen molar-refractivity contribution >= 4 is 15.8 Å². The lowest BCUT2D eigenvalue weighted by Crippen LogP contribution is -2.28. The highest BCUT2D eigenvalue weighted by molar-refractivity contribution is 7.87. The molecule has 2 heterocycles. The first-order valence-corrected chi connectivity index (χ1v) is 5.92. The highest BCUT2D eigenvalue weighted by Gasteiger charge is 2.49. The number of halogens is 3. The van der Waals surface area contributed by atoms with Gasteiger partial charge >= 0.3 is 15.6 Å². The van der Waals surface area contributed by atoms with Crippen molar-refractivity contribution in [3.8, 4) is 5.88 Å². The second-order valence-corrected chi connectivity index (χ2v) is 4.84. The minimum Gasteiger partial charge on any atom is -0.354 e. The maximum absolute atomic E-state index is 12.1. The number of aromatic nitrogens is 3. The number of nitrogens with zero attached hydrogens (tertiary/aromatic N) is 3. The number of alkyl halides is 3. The van der Waals surface area contributed by atoms with Gasteiger partial charge in [-0.1, -0.05) is 0 Å². The second-order valence-electron chi connectivity index (χ2n) is 3.31. The molecule has 2 rings (SSSR count). The molecule has 0 atom stereocenters. The lowest BCUT2D eigenvalue weighted by molar-refractivity contribution is -0.0501. The molecule has 0 aliphatic carbocycles. The van der Waals surface area contributed by atoms with Crippen LogP contribution in [0.4, 0.5) is 13.2 Å². The zero-order valence-electron chi connectivity index (χ0n) is 8.84. The van der Waals surface area contributed by atoms with Gasteiger partial charge in [-0.25, -0.2) is 0 Å². The van der Waals surface area contributed by atoms with Gasteiger partial charge in [-0.2, -0.15) is 26.6 Å². The quantitative estimate of drug-likeness (QED) is 0.612. The van der Waals surface area contributed by atoms with Crippen molar-refractivity contribution < 1.29 is 25.8 Å². The zero-order valence-corrected chi connectivity index (χ0v) is 9.66. The highest BCUT2D eigenvalue weighted by atomic mass is 32.2. The Morgan fingerprint density at radius 2 is 2.06 bits per heavy atom. The molecule has 0 saturated carbocycles. The standard InChI is InChI=1S/C8H6F3N3O3S/c1-5-7-13-6(4-14(7)3-2-12-5)17-18(15,16)8(9,10)11/h2-4H,1H3. The van der Waals surface area contributed by atoms with Crippen LogP contribution in [0, 0.1) is 6.92 Å². The van der Waals surface area contributed by atoms with Gasteiger partial charge in [0.05, 0.1) is 11.9 Å². The summed E-state index contributed by atoms with van der Waals surface area (Å²) in [6.07, 6.45) is 3.82. The summed E-state index contributed by atoms with van der Waals surface area (Å²) in [6.45, 7) is 1.57. The summed E-state index contributed by atoms with van der Waals surface area (Å²) in [5.74, 6) is -0.663. The monoisotopic (exact) mass is 281 g/mol. The third-order valence-electron chi connectivity index (χ3n) is 2.01. The summed E-state index contributed by atoms with van der Waals surface area (Å²) >= 11 is 0. The van der Waals surface area contributed by atoms with Crippen molar-refractivity contribution in [1.29, 1.82) is 0 Å². The first-order chi connectivity index (χ1) is 8.21. The zero-order chi connectivity index (χ0) is 13.6. The Hall–Kier alpha value is -1.84. The Balaban J connectivity index is 2.43. The van der Waals surface area contributed by atoms with Crippen LogP contribution in [-0.4, -0.2) is 28.3 Å². The molecular weight excluding hydrogens is 275 g/mol. The van der Waals surface area contributed by atoms with E-state index in [1.807, 2.05) is 0 Å². The van der Waals surface area contributed by atoms with Gasteiger partial charge in [0.15, 0.2) is 5.65 Å². The van der Waals surface area contributed by atoms with Crippen LogP contribution in [0.5, 0.6) is 5.88 Å². The third-order valence-corrected chi connectivity index (χ3v) is 2.96. The van der Waals surface area contributed by atoms with Crippen molar-refractivity contribution in [2.45, 2.75) is 12.4 Å². The van der Waals surface area contributed by atoms with Gasteiger partial charge in [0.25, 0.3) is 5.88 Å². The van der Waals surface area contributed by atoms with E-state index in [2.05, 4.69) is 14.2 Å². The molecule has 6 nitrogen and oxygen atoms in total. The SMILES string of the molecule is Cc1nccn2cc(OS(=O)(=O)C(F)(F)F)nc12. The van der Waals surface area contributed by atoms with Crippen LogP contribution in [0.25, 0.3) is 5.65 Å². The molecule has 0 spiro atoms. The highest BCUT2D eigenvalue weighted by Crippen LogP contribution is 2.26. The fourth-order valence-corrected chi connectivity index (χ4v) is 1.63. The predicted octanol–water partition coefficient (Wildman–Crippen LogP) is 1.27. The molecule has 0 fully saturated rings. The first kappa shape index (κ1) is 12.6. The first-order valence-electron chi connectivity index (χ1n) is 4.52. The minimum absolute atomic E-state index is 0.213. The molecule has 0 saturated heterocycles. The molecule has 0 unspecified atom stereocenters. The largest absolute Gasteiger partial charge is 0.534 e. The molecule has 0 N–H and O–H groups in total. The lowest BCUT2D eigenvalue weighted by Gasteiger charge is -2.06. The van der Waals surface area contributed by atoms with Crippen LogP contribution >= 0.6 is 0 Å². The number of fused-ring (bicyclic) bond motifs is 1. The van der Waals surface area contributed by atoms with Crippen molar-refractivity contribution in [3.63, 3.8) is 0 Å². The molecule has 0 aliphatic rings. The van der Waals surface area contributed by atoms with E-state index in [-0.39, 0.29) is 5.65 Å². The number of hydrogen-bond donors (Lipinski definition) is 0. The van der Waals surface area contributed by atoms with Crippen molar-refractivity contribution in [2.24, 2.45) is 0 Å². The third kappa shape index (κ3) is 2.10. The summed E-state index contributed by atoms with van der Waals surface area (Å²) in [7, 11) is -5.71. The molecule has 0 bridgehead atoms. The van der Waals surface area contributed by atoms with E-state index in [4.69, 9.17) is 0 Å². The number of imidazole rings is 1. The van der Waals surface area contributed by atoms with Gasteiger partial charge in [0, 0.05) is 12.4 Å². The topological polar surface area (TPSA) is 73.6 Å². The van der Waals surface area contributed by atoms with Gasteiger partial charge in [0.1, 0.15) is 0 Å². The summed E-state index contributed by atoms with van der Waals surface area (Å²) in [5.41, 5.74) is -4.85. The van der Waals surface area contributed by atoms with Crippen LogP contribution in [0.1, 0.15) is 5.69 Å².